The van der Waals surface area contributed by atoms with Crippen LogP contribution in [0.5, 0.6) is 0 Å². The van der Waals surface area contributed by atoms with E-state index in [0.717, 1.165) is 16.3 Å². The first-order valence-corrected chi connectivity index (χ1v) is 6.97. The average Bonchev–Trinajstić information content (AvgIpc) is 2.75. The molecule has 1 atom stereocenters. The van der Waals surface area contributed by atoms with Crippen molar-refractivity contribution in [1.29, 1.82) is 0 Å². The van der Waals surface area contributed by atoms with Gasteiger partial charge in [-0.15, -0.1) is 11.3 Å². The molecule has 0 amide bonds. The van der Waals surface area contributed by atoms with Gasteiger partial charge in [-0.2, -0.15) is 0 Å². The molecule has 0 aliphatic carbocycles. The number of rotatable bonds is 4. The standard InChI is InChI=1S/C14H15ClFNS/c1-9-7-10(3-5-12(9)16)13(17-2)8-11-4-6-14(15)18-11/h3-7,13,17H,8H2,1-2H3. The number of hydrogen-bond donors (Lipinski definition) is 1. The second kappa shape index (κ2) is 5.83. The second-order valence-electron chi connectivity index (χ2n) is 4.26. The highest BCUT2D eigenvalue weighted by atomic mass is 35.5. The fourth-order valence-electron chi connectivity index (χ4n) is 1.93. The summed E-state index contributed by atoms with van der Waals surface area (Å²) in [6.07, 6.45) is 0.860. The van der Waals surface area contributed by atoms with Crippen molar-refractivity contribution in [3.05, 3.63) is 56.5 Å². The topological polar surface area (TPSA) is 12.0 Å². The molecule has 0 saturated carbocycles. The molecule has 0 aliphatic heterocycles. The Labute approximate surface area is 116 Å². The van der Waals surface area contributed by atoms with Crippen LogP contribution in [0, 0.1) is 12.7 Å². The predicted octanol–water partition coefficient (Wildman–Crippen LogP) is 4.35. The van der Waals surface area contributed by atoms with Crippen molar-refractivity contribution in [1.82, 2.24) is 5.32 Å². The zero-order valence-corrected chi connectivity index (χ0v) is 11.9. The van der Waals surface area contributed by atoms with Crippen LogP contribution in [0.15, 0.2) is 30.3 Å². The largest absolute Gasteiger partial charge is 0.313 e. The zero-order valence-electron chi connectivity index (χ0n) is 10.3. The summed E-state index contributed by atoms with van der Waals surface area (Å²) in [7, 11) is 1.92. The first kappa shape index (κ1) is 13.5. The van der Waals surface area contributed by atoms with Gasteiger partial charge in [0.2, 0.25) is 0 Å². The fraction of sp³-hybridized carbons (Fsp3) is 0.286. The third-order valence-corrected chi connectivity index (χ3v) is 4.22. The molecule has 96 valence electrons. The normalized spacial score (nSPS) is 12.7. The van der Waals surface area contributed by atoms with E-state index in [1.54, 1.807) is 18.3 Å². The Balaban J connectivity index is 2.19. The lowest BCUT2D eigenvalue weighted by molar-refractivity contribution is 0.586. The molecule has 0 fully saturated rings. The van der Waals surface area contributed by atoms with Gasteiger partial charge in [0, 0.05) is 17.3 Å². The van der Waals surface area contributed by atoms with E-state index < -0.39 is 0 Å². The molecule has 2 aromatic rings. The Morgan fingerprint density at radius 1 is 1.33 bits per heavy atom. The SMILES string of the molecule is CNC(Cc1ccc(Cl)s1)c1ccc(F)c(C)c1. The molecular formula is C14H15ClFNS. The van der Waals surface area contributed by atoms with Gasteiger partial charge in [0.1, 0.15) is 5.82 Å². The van der Waals surface area contributed by atoms with Gasteiger partial charge in [0.25, 0.3) is 0 Å². The van der Waals surface area contributed by atoms with Crippen LogP contribution >= 0.6 is 22.9 Å². The van der Waals surface area contributed by atoms with Crippen molar-refractivity contribution in [3.8, 4) is 0 Å². The summed E-state index contributed by atoms with van der Waals surface area (Å²) in [5.74, 6) is -0.159. The average molecular weight is 284 g/mol. The number of benzene rings is 1. The van der Waals surface area contributed by atoms with Gasteiger partial charge in [-0.1, -0.05) is 23.7 Å². The van der Waals surface area contributed by atoms with Gasteiger partial charge in [-0.25, -0.2) is 4.39 Å². The number of halogens is 2. The fourth-order valence-corrected chi connectivity index (χ4v) is 3.07. The van der Waals surface area contributed by atoms with Crippen LogP contribution in [-0.2, 0) is 6.42 Å². The van der Waals surface area contributed by atoms with Crippen LogP contribution in [0.25, 0.3) is 0 Å². The Morgan fingerprint density at radius 2 is 2.11 bits per heavy atom. The Hall–Kier alpha value is -0.900. The van der Waals surface area contributed by atoms with Gasteiger partial charge in [0.05, 0.1) is 4.34 Å². The number of aryl methyl sites for hydroxylation is 1. The second-order valence-corrected chi connectivity index (χ2v) is 6.06. The third-order valence-electron chi connectivity index (χ3n) is 2.97. The molecule has 0 spiro atoms. The molecule has 1 aromatic carbocycles. The lowest BCUT2D eigenvalue weighted by Gasteiger charge is -2.16. The lowest BCUT2D eigenvalue weighted by Crippen LogP contribution is -2.18. The van der Waals surface area contributed by atoms with E-state index >= 15 is 0 Å². The summed E-state index contributed by atoms with van der Waals surface area (Å²) in [4.78, 5) is 1.22. The number of likely N-dealkylation sites (N-methyl/N-ethyl adjacent to an activating group) is 1. The van der Waals surface area contributed by atoms with E-state index in [2.05, 4.69) is 5.32 Å². The summed E-state index contributed by atoms with van der Waals surface area (Å²) < 4.78 is 14.1. The highest BCUT2D eigenvalue weighted by Crippen LogP contribution is 2.27. The van der Waals surface area contributed by atoms with Crippen LogP contribution in [-0.4, -0.2) is 7.05 Å². The van der Waals surface area contributed by atoms with Crippen LogP contribution in [0.1, 0.15) is 22.0 Å². The van der Waals surface area contributed by atoms with E-state index in [4.69, 9.17) is 11.6 Å². The summed E-state index contributed by atoms with van der Waals surface area (Å²) in [5, 5.41) is 3.26. The molecule has 1 N–H and O–H groups in total. The Morgan fingerprint density at radius 3 is 2.67 bits per heavy atom. The van der Waals surface area contributed by atoms with Crippen LogP contribution in [0.3, 0.4) is 0 Å². The Bertz CT molecular complexity index is 538. The van der Waals surface area contributed by atoms with Gasteiger partial charge in [-0.05, 0) is 43.3 Å². The lowest BCUT2D eigenvalue weighted by atomic mass is 10.0. The van der Waals surface area contributed by atoms with Crippen LogP contribution in [0.2, 0.25) is 4.34 Å². The quantitative estimate of drug-likeness (QED) is 0.879. The Kier molecular flexibility index (Phi) is 4.38. The molecule has 1 aromatic heterocycles. The maximum atomic E-state index is 13.3. The number of nitrogens with one attached hydrogen (secondary N) is 1. The molecular weight excluding hydrogens is 269 g/mol. The molecule has 1 heterocycles. The molecule has 0 saturated heterocycles. The number of thiophene rings is 1. The zero-order chi connectivity index (χ0) is 13.1. The maximum absolute atomic E-state index is 13.3. The van der Waals surface area contributed by atoms with Crippen molar-refractivity contribution in [3.63, 3.8) is 0 Å². The highest BCUT2D eigenvalue weighted by Gasteiger charge is 2.12. The predicted molar refractivity (Wildman–Crippen MR) is 76.0 cm³/mol. The minimum absolute atomic E-state index is 0.159. The van der Waals surface area contributed by atoms with Gasteiger partial charge < -0.3 is 5.32 Å². The first-order chi connectivity index (χ1) is 8.60. The summed E-state index contributed by atoms with van der Waals surface area (Å²) in [6.45, 7) is 1.79. The number of hydrogen-bond acceptors (Lipinski definition) is 2. The molecule has 18 heavy (non-hydrogen) atoms. The maximum Gasteiger partial charge on any atom is 0.126 e. The van der Waals surface area contributed by atoms with Gasteiger partial charge in [0.15, 0.2) is 0 Å². The third kappa shape index (κ3) is 3.10. The first-order valence-electron chi connectivity index (χ1n) is 5.77. The van der Waals surface area contributed by atoms with E-state index in [0.29, 0.717) is 5.56 Å². The molecule has 1 unspecified atom stereocenters. The minimum atomic E-state index is -0.159. The van der Waals surface area contributed by atoms with Crippen molar-refractivity contribution >= 4 is 22.9 Å². The van der Waals surface area contributed by atoms with E-state index in [1.807, 2.05) is 31.3 Å². The minimum Gasteiger partial charge on any atom is -0.313 e. The van der Waals surface area contributed by atoms with Crippen LogP contribution < -0.4 is 5.32 Å². The van der Waals surface area contributed by atoms with Gasteiger partial charge in [-0.3, -0.25) is 0 Å². The molecule has 0 aliphatic rings. The highest BCUT2D eigenvalue weighted by molar-refractivity contribution is 7.16. The molecule has 2 rings (SSSR count). The molecule has 4 heteroatoms. The summed E-state index contributed by atoms with van der Waals surface area (Å²) in [6, 6.07) is 9.37. The van der Waals surface area contributed by atoms with Crippen molar-refractivity contribution in [2.75, 3.05) is 7.05 Å². The van der Waals surface area contributed by atoms with Crippen LogP contribution in [0.4, 0.5) is 4.39 Å². The van der Waals surface area contributed by atoms with Gasteiger partial charge >= 0.3 is 0 Å². The van der Waals surface area contributed by atoms with E-state index in [-0.39, 0.29) is 11.9 Å². The summed E-state index contributed by atoms with van der Waals surface area (Å²) >= 11 is 7.51. The molecule has 0 bridgehead atoms. The van der Waals surface area contributed by atoms with Crippen molar-refractivity contribution < 1.29 is 4.39 Å². The monoisotopic (exact) mass is 283 g/mol. The molecule has 0 radical (unpaired) electrons. The van der Waals surface area contributed by atoms with E-state index in [1.165, 1.54) is 10.9 Å². The van der Waals surface area contributed by atoms with Crippen molar-refractivity contribution in [2.45, 2.75) is 19.4 Å². The smallest absolute Gasteiger partial charge is 0.126 e. The molecule has 1 nitrogen and oxygen atoms in total. The van der Waals surface area contributed by atoms with E-state index in [9.17, 15) is 4.39 Å². The summed E-state index contributed by atoms with van der Waals surface area (Å²) in [5.41, 5.74) is 1.78. The van der Waals surface area contributed by atoms with Crippen molar-refractivity contribution in [2.24, 2.45) is 0 Å².